The smallest absolute Gasteiger partial charge is 0.253 e. The van der Waals surface area contributed by atoms with Crippen LogP contribution in [0.3, 0.4) is 0 Å². The van der Waals surface area contributed by atoms with Crippen LogP contribution in [0.15, 0.2) is 29.2 Å². The number of carbonyl (C=O) groups excluding carboxylic acids is 1. The number of piperidine rings is 1. The van der Waals surface area contributed by atoms with E-state index in [2.05, 4.69) is 0 Å². The molecule has 0 aromatic heterocycles. The van der Waals surface area contributed by atoms with Crippen molar-refractivity contribution in [3.63, 3.8) is 0 Å². The molecule has 1 aliphatic carbocycles. The predicted molar refractivity (Wildman–Crippen MR) is 107 cm³/mol. The van der Waals surface area contributed by atoms with Crippen molar-refractivity contribution in [2.45, 2.75) is 81.7 Å². The van der Waals surface area contributed by atoms with Gasteiger partial charge in [0.15, 0.2) is 0 Å². The van der Waals surface area contributed by atoms with Gasteiger partial charge in [-0.15, -0.1) is 0 Å². The lowest BCUT2D eigenvalue weighted by Gasteiger charge is -2.32. The van der Waals surface area contributed by atoms with Gasteiger partial charge in [-0.25, -0.2) is 8.42 Å². The Morgan fingerprint density at radius 3 is 2.15 bits per heavy atom. The lowest BCUT2D eigenvalue weighted by molar-refractivity contribution is 0.0717. The van der Waals surface area contributed by atoms with Crippen molar-refractivity contribution in [1.82, 2.24) is 9.21 Å². The number of hydrogen-bond donors (Lipinski definition) is 0. The van der Waals surface area contributed by atoms with E-state index in [4.69, 9.17) is 0 Å². The fraction of sp³-hybridized carbons (Fsp3) is 0.667. The molecule has 150 valence electrons. The standard InChI is InChI=1S/C21H32N2O3S/c1-17-9-7-8-16-23(17)27(25,26)20-14-12-18(13-15-20)21(24)22(2)19-10-5-3-4-6-11-19/h12-15,17,19H,3-11,16H2,1-2H3. The highest BCUT2D eigenvalue weighted by atomic mass is 32.2. The lowest BCUT2D eigenvalue weighted by atomic mass is 10.1. The molecule has 1 aromatic rings. The summed E-state index contributed by atoms with van der Waals surface area (Å²) in [6, 6.07) is 6.83. The van der Waals surface area contributed by atoms with Crippen LogP contribution in [0.4, 0.5) is 0 Å². The van der Waals surface area contributed by atoms with Gasteiger partial charge in [-0.3, -0.25) is 4.79 Å². The second-order valence-electron chi connectivity index (χ2n) is 8.05. The fourth-order valence-electron chi connectivity index (χ4n) is 4.35. The third-order valence-electron chi connectivity index (χ3n) is 6.14. The van der Waals surface area contributed by atoms with E-state index in [1.807, 2.05) is 18.9 Å². The van der Waals surface area contributed by atoms with Gasteiger partial charge in [-0.05, 0) is 56.9 Å². The summed E-state index contributed by atoms with van der Waals surface area (Å²) in [5.74, 6) is -0.0165. The van der Waals surface area contributed by atoms with E-state index >= 15 is 0 Å². The molecule has 1 aliphatic heterocycles. The van der Waals surface area contributed by atoms with Gasteiger partial charge in [0, 0.05) is 31.2 Å². The second-order valence-corrected chi connectivity index (χ2v) is 9.94. The molecular formula is C21H32N2O3S. The zero-order valence-corrected chi connectivity index (χ0v) is 17.4. The molecule has 0 radical (unpaired) electrons. The maximum atomic E-state index is 12.9. The van der Waals surface area contributed by atoms with Crippen molar-refractivity contribution in [1.29, 1.82) is 0 Å². The van der Waals surface area contributed by atoms with E-state index in [-0.39, 0.29) is 22.9 Å². The van der Waals surface area contributed by atoms with Crippen LogP contribution < -0.4 is 0 Å². The van der Waals surface area contributed by atoms with Gasteiger partial charge >= 0.3 is 0 Å². The van der Waals surface area contributed by atoms with Gasteiger partial charge < -0.3 is 4.90 Å². The van der Waals surface area contributed by atoms with E-state index < -0.39 is 10.0 Å². The lowest BCUT2D eigenvalue weighted by Crippen LogP contribution is -2.41. The first-order valence-corrected chi connectivity index (χ1v) is 11.7. The number of amides is 1. The minimum absolute atomic E-state index is 0.0165. The number of sulfonamides is 1. The molecule has 3 rings (SSSR count). The molecule has 1 saturated heterocycles. The predicted octanol–water partition coefficient (Wildman–Crippen LogP) is 4.04. The van der Waals surface area contributed by atoms with E-state index in [1.165, 1.54) is 25.7 Å². The molecule has 0 N–H and O–H groups in total. The Bertz CT molecular complexity index is 737. The molecule has 2 aliphatic rings. The zero-order chi connectivity index (χ0) is 19.4. The first-order valence-electron chi connectivity index (χ1n) is 10.3. The van der Waals surface area contributed by atoms with Crippen LogP contribution in [-0.4, -0.2) is 49.2 Å². The van der Waals surface area contributed by atoms with E-state index in [0.717, 1.165) is 32.1 Å². The third kappa shape index (κ3) is 4.54. The summed E-state index contributed by atoms with van der Waals surface area (Å²) in [6.45, 7) is 2.55. The molecule has 1 atom stereocenters. The molecule has 5 nitrogen and oxygen atoms in total. The summed E-state index contributed by atoms with van der Waals surface area (Å²) in [4.78, 5) is 15.0. The number of hydrogen-bond acceptors (Lipinski definition) is 3. The normalized spacial score (nSPS) is 23.0. The van der Waals surface area contributed by atoms with Gasteiger partial charge in [0.25, 0.3) is 5.91 Å². The SMILES string of the molecule is CC1CCCCN1S(=O)(=O)c1ccc(C(=O)N(C)C2CCCCCC2)cc1. The maximum absolute atomic E-state index is 12.9. The van der Waals surface area contributed by atoms with E-state index in [9.17, 15) is 13.2 Å². The summed E-state index contributed by atoms with van der Waals surface area (Å²) in [6.07, 6.45) is 9.85. The minimum atomic E-state index is -3.49. The molecular weight excluding hydrogens is 360 g/mol. The quantitative estimate of drug-likeness (QED) is 0.727. The van der Waals surface area contributed by atoms with Crippen molar-refractivity contribution < 1.29 is 13.2 Å². The van der Waals surface area contributed by atoms with Gasteiger partial charge in [0.2, 0.25) is 10.0 Å². The fourth-order valence-corrected chi connectivity index (χ4v) is 6.05. The maximum Gasteiger partial charge on any atom is 0.253 e. The van der Waals surface area contributed by atoms with Gasteiger partial charge in [-0.2, -0.15) is 4.31 Å². The largest absolute Gasteiger partial charge is 0.339 e. The third-order valence-corrected chi connectivity index (χ3v) is 8.17. The number of nitrogens with zero attached hydrogens (tertiary/aromatic N) is 2. The molecule has 1 unspecified atom stereocenters. The molecule has 1 aromatic carbocycles. The molecule has 1 heterocycles. The Morgan fingerprint density at radius 2 is 1.56 bits per heavy atom. The van der Waals surface area contributed by atoms with Crippen LogP contribution in [0.1, 0.15) is 75.1 Å². The highest BCUT2D eigenvalue weighted by Crippen LogP contribution is 2.26. The molecule has 1 amide bonds. The Kier molecular flexibility index (Phi) is 6.58. The summed E-state index contributed by atoms with van der Waals surface area (Å²) in [7, 11) is -1.62. The second kappa shape index (κ2) is 8.74. The topological polar surface area (TPSA) is 57.7 Å². The van der Waals surface area contributed by atoms with Crippen LogP contribution in [0, 0.1) is 0 Å². The van der Waals surface area contributed by atoms with Crippen LogP contribution in [0.2, 0.25) is 0 Å². The molecule has 2 fully saturated rings. The van der Waals surface area contributed by atoms with Crippen molar-refractivity contribution in [2.24, 2.45) is 0 Å². The average Bonchev–Trinajstić information content (AvgIpc) is 2.96. The highest BCUT2D eigenvalue weighted by molar-refractivity contribution is 7.89. The number of rotatable bonds is 4. The molecule has 27 heavy (non-hydrogen) atoms. The van der Waals surface area contributed by atoms with E-state index in [0.29, 0.717) is 12.1 Å². The van der Waals surface area contributed by atoms with Gasteiger partial charge in [-0.1, -0.05) is 32.1 Å². The number of benzene rings is 1. The van der Waals surface area contributed by atoms with Gasteiger partial charge in [0.1, 0.15) is 0 Å². The summed E-state index contributed by atoms with van der Waals surface area (Å²) < 4.78 is 27.5. The Hall–Kier alpha value is -1.40. The van der Waals surface area contributed by atoms with Crippen molar-refractivity contribution in [3.8, 4) is 0 Å². The molecule has 1 saturated carbocycles. The first-order chi connectivity index (χ1) is 12.9. The number of carbonyl (C=O) groups is 1. The van der Waals surface area contributed by atoms with Crippen LogP contribution in [-0.2, 0) is 10.0 Å². The van der Waals surface area contributed by atoms with Crippen LogP contribution >= 0.6 is 0 Å². The summed E-state index contributed by atoms with van der Waals surface area (Å²) >= 11 is 0. The van der Waals surface area contributed by atoms with Crippen molar-refractivity contribution >= 4 is 15.9 Å². The Morgan fingerprint density at radius 1 is 0.963 bits per heavy atom. The minimum Gasteiger partial charge on any atom is -0.339 e. The Balaban J connectivity index is 1.73. The highest BCUT2D eigenvalue weighted by Gasteiger charge is 2.31. The van der Waals surface area contributed by atoms with Gasteiger partial charge in [0.05, 0.1) is 4.90 Å². The molecule has 0 spiro atoms. The Labute approximate surface area is 163 Å². The zero-order valence-electron chi connectivity index (χ0n) is 16.6. The summed E-state index contributed by atoms with van der Waals surface area (Å²) in [5.41, 5.74) is 0.562. The molecule has 0 bridgehead atoms. The monoisotopic (exact) mass is 392 g/mol. The van der Waals surface area contributed by atoms with Crippen molar-refractivity contribution in [2.75, 3.05) is 13.6 Å². The van der Waals surface area contributed by atoms with E-state index in [1.54, 1.807) is 28.6 Å². The van der Waals surface area contributed by atoms with Crippen LogP contribution in [0.5, 0.6) is 0 Å². The first kappa shape index (κ1) is 20.3. The van der Waals surface area contributed by atoms with Crippen LogP contribution in [0.25, 0.3) is 0 Å². The molecule has 6 heteroatoms. The van der Waals surface area contributed by atoms with Crippen molar-refractivity contribution in [3.05, 3.63) is 29.8 Å². The summed E-state index contributed by atoms with van der Waals surface area (Å²) in [5, 5.41) is 0. The average molecular weight is 393 g/mol.